The normalized spacial score (nSPS) is 19.4. The Morgan fingerprint density at radius 2 is 2.37 bits per heavy atom. The van der Waals surface area contributed by atoms with Gasteiger partial charge >= 0.3 is 5.97 Å². The highest BCUT2D eigenvalue weighted by molar-refractivity contribution is 7.07. The summed E-state index contributed by atoms with van der Waals surface area (Å²) in [6.07, 6.45) is 0.782. The second kappa shape index (κ2) is 6.68. The van der Waals surface area contributed by atoms with E-state index in [1.165, 1.54) is 5.56 Å². The van der Waals surface area contributed by atoms with Gasteiger partial charge in [0.25, 0.3) is 0 Å². The van der Waals surface area contributed by atoms with E-state index in [1.54, 1.807) is 16.2 Å². The zero-order valence-electron chi connectivity index (χ0n) is 10.6. The molecule has 2 heterocycles. The van der Waals surface area contributed by atoms with Crippen LogP contribution in [0.3, 0.4) is 0 Å². The summed E-state index contributed by atoms with van der Waals surface area (Å²) >= 11 is 1.62. The molecule has 5 nitrogen and oxygen atoms in total. The lowest BCUT2D eigenvalue weighted by Gasteiger charge is -2.32. The maximum absolute atomic E-state index is 12.1. The lowest BCUT2D eigenvalue weighted by Crippen LogP contribution is -2.46. The van der Waals surface area contributed by atoms with Gasteiger partial charge in [0.1, 0.15) is 0 Å². The fourth-order valence-corrected chi connectivity index (χ4v) is 2.81. The summed E-state index contributed by atoms with van der Waals surface area (Å²) in [7, 11) is 0. The maximum atomic E-state index is 12.1. The van der Waals surface area contributed by atoms with E-state index >= 15 is 0 Å². The number of carboxylic acids is 1. The van der Waals surface area contributed by atoms with Crippen LogP contribution < -0.4 is 0 Å². The van der Waals surface area contributed by atoms with Gasteiger partial charge in [-0.1, -0.05) is 0 Å². The standard InChI is InChI=1S/C13H17NO4S/c15-12(2-1-10-3-6-19-9-10)14-4-5-18-11(8-14)7-13(16)17/h3,6,9,11H,1-2,4-5,7-8H2,(H,16,17)/t11-/m1/s1. The molecule has 19 heavy (non-hydrogen) atoms. The second-order valence-electron chi connectivity index (χ2n) is 4.56. The first-order valence-corrected chi connectivity index (χ1v) is 7.21. The number of amides is 1. The lowest BCUT2D eigenvalue weighted by molar-refractivity contribution is -0.147. The molecule has 104 valence electrons. The van der Waals surface area contributed by atoms with Crippen LogP contribution in [0.4, 0.5) is 0 Å². The monoisotopic (exact) mass is 283 g/mol. The van der Waals surface area contributed by atoms with E-state index < -0.39 is 5.97 Å². The highest BCUT2D eigenvalue weighted by Gasteiger charge is 2.25. The molecular formula is C13H17NO4S. The largest absolute Gasteiger partial charge is 0.481 e. The molecule has 1 aliphatic heterocycles. The van der Waals surface area contributed by atoms with Crippen molar-refractivity contribution >= 4 is 23.2 Å². The maximum Gasteiger partial charge on any atom is 0.306 e. The molecule has 1 atom stereocenters. The number of morpholine rings is 1. The van der Waals surface area contributed by atoms with Crippen LogP contribution in [0.2, 0.25) is 0 Å². The SMILES string of the molecule is O=C(O)C[C@@H]1CN(C(=O)CCc2ccsc2)CCO1. The number of carbonyl (C=O) groups excluding carboxylic acids is 1. The molecule has 1 N–H and O–H groups in total. The molecule has 6 heteroatoms. The third-order valence-electron chi connectivity index (χ3n) is 3.10. The van der Waals surface area contributed by atoms with Crippen LogP contribution in [0.15, 0.2) is 16.8 Å². The van der Waals surface area contributed by atoms with Gasteiger partial charge in [-0.25, -0.2) is 0 Å². The third-order valence-corrected chi connectivity index (χ3v) is 3.83. The Labute approximate surface area is 115 Å². The highest BCUT2D eigenvalue weighted by atomic mass is 32.1. The summed E-state index contributed by atoms with van der Waals surface area (Å²) in [6, 6.07) is 2.02. The van der Waals surface area contributed by atoms with E-state index in [1.807, 2.05) is 16.8 Å². The van der Waals surface area contributed by atoms with Gasteiger partial charge < -0.3 is 14.7 Å². The van der Waals surface area contributed by atoms with Crippen LogP contribution in [-0.2, 0) is 20.7 Å². The minimum Gasteiger partial charge on any atom is -0.481 e. The van der Waals surface area contributed by atoms with Crippen molar-refractivity contribution in [2.24, 2.45) is 0 Å². The Balaban J connectivity index is 1.79. The van der Waals surface area contributed by atoms with Gasteiger partial charge in [0.2, 0.25) is 5.91 Å². The smallest absolute Gasteiger partial charge is 0.306 e. The van der Waals surface area contributed by atoms with Gasteiger partial charge in [0, 0.05) is 19.5 Å². The molecule has 1 aromatic rings. The first kappa shape index (κ1) is 14.0. The third kappa shape index (κ3) is 4.33. The number of nitrogens with zero attached hydrogens (tertiary/aromatic N) is 1. The molecule has 1 saturated heterocycles. The predicted octanol–water partition coefficient (Wildman–Crippen LogP) is 1.38. The molecule has 0 aromatic carbocycles. The van der Waals surface area contributed by atoms with Gasteiger partial charge in [-0.3, -0.25) is 9.59 Å². The van der Waals surface area contributed by atoms with Gasteiger partial charge in [-0.05, 0) is 28.8 Å². The van der Waals surface area contributed by atoms with E-state index in [9.17, 15) is 9.59 Å². The summed E-state index contributed by atoms with van der Waals surface area (Å²) in [6.45, 7) is 1.36. The predicted molar refractivity (Wildman–Crippen MR) is 71.2 cm³/mol. The first-order chi connectivity index (χ1) is 9.15. The molecular weight excluding hydrogens is 266 g/mol. The van der Waals surface area contributed by atoms with E-state index in [-0.39, 0.29) is 18.4 Å². The molecule has 1 aromatic heterocycles. The molecule has 0 saturated carbocycles. The van der Waals surface area contributed by atoms with Crippen LogP contribution in [0.1, 0.15) is 18.4 Å². The molecule has 0 spiro atoms. The van der Waals surface area contributed by atoms with Crippen molar-refractivity contribution in [2.75, 3.05) is 19.7 Å². The Hall–Kier alpha value is -1.40. The number of carboxylic acid groups (broad SMARTS) is 1. The van der Waals surface area contributed by atoms with Crippen molar-refractivity contribution in [3.8, 4) is 0 Å². The fourth-order valence-electron chi connectivity index (χ4n) is 2.11. The number of hydrogen-bond donors (Lipinski definition) is 1. The molecule has 0 aliphatic carbocycles. The molecule has 1 fully saturated rings. The highest BCUT2D eigenvalue weighted by Crippen LogP contribution is 2.13. The number of aliphatic carboxylic acids is 1. The van der Waals surface area contributed by atoms with E-state index in [2.05, 4.69) is 0 Å². The molecule has 1 amide bonds. The average molecular weight is 283 g/mol. The molecule has 1 aliphatic rings. The minimum atomic E-state index is -0.891. The summed E-state index contributed by atoms with van der Waals surface area (Å²) in [5.74, 6) is -0.817. The fraction of sp³-hybridized carbons (Fsp3) is 0.538. The summed E-state index contributed by atoms with van der Waals surface area (Å²) in [4.78, 5) is 24.4. The van der Waals surface area contributed by atoms with Crippen molar-refractivity contribution in [1.29, 1.82) is 0 Å². The van der Waals surface area contributed by atoms with Crippen molar-refractivity contribution in [3.63, 3.8) is 0 Å². The Bertz CT molecular complexity index is 432. The van der Waals surface area contributed by atoms with Crippen molar-refractivity contribution in [1.82, 2.24) is 4.90 Å². The van der Waals surface area contributed by atoms with Gasteiger partial charge in [0.05, 0.1) is 19.1 Å². The first-order valence-electron chi connectivity index (χ1n) is 6.27. The summed E-state index contributed by atoms with van der Waals surface area (Å²) in [5.41, 5.74) is 1.17. The van der Waals surface area contributed by atoms with Crippen LogP contribution >= 0.6 is 11.3 Å². The topological polar surface area (TPSA) is 66.8 Å². The number of ether oxygens (including phenoxy) is 1. The van der Waals surface area contributed by atoms with Gasteiger partial charge in [0.15, 0.2) is 0 Å². The van der Waals surface area contributed by atoms with Crippen molar-refractivity contribution < 1.29 is 19.4 Å². The molecule has 0 radical (unpaired) electrons. The van der Waals surface area contributed by atoms with Gasteiger partial charge in [-0.15, -0.1) is 0 Å². The summed E-state index contributed by atoms with van der Waals surface area (Å²) < 4.78 is 5.35. The quantitative estimate of drug-likeness (QED) is 0.886. The van der Waals surface area contributed by atoms with Crippen LogP contribution in [0.25, 0.3) is 0 Å². The van der Waals surface area contributed by atoms with E-state index in [4.69, 9.17) is 9.84 Å². The molecule has 2 rings (SSSR count). The zero-order valence-corrected chi connectivity index (χ0v) is 11.4. The lowest BCUT2D eigenvalue weighted by atomic mass is 10.1. The zero-order chi connectivity index (χ0) is 13.7. The average Bonchev–Trinajstić information content (AvgIpc) is 2.88. The number of thiophene rings is 1. The van der Waals surface area contributed by atoms with E-state index in [0.29, 0.717) is 26.1 Å². The molecule has 0 unspecified atom stereocenters. The summed E-state index contributed by atoms with van der Waals surface area (Å²) in [5, 5.41) is 12.8. The number of rotatable bonds is 5. The number of hydrogen-bond acceptors (Lipinski definition) is 4. The molecule has 0 bridgehead atoms. The van der Waals surface area contributed by atoms with Crippen molar-refractivity contribution in [2.45, 2.75) is 25.4 Å². The number of aryl methyl sites for hydroxylation is 1. The Morgan fingerprint density at radius 3 is 3.05 bits per heavy atom. The van der Waals surface area contributed by atoms with Crippen molar-refractivity contribution in [3.05, 3.63) is 22.4 Å². The number of carbonyl (C=O) groups is 2. The van der Waals surface area contributed by atoms with Crippen LogP contribution in [0.5, 0.6) is 0 Å². The second-order valence-corrected chi connectivity index (χ2v) is 5.34. The van der Waals surface area contributed by atoms with Crippen LogP contribution in [0, 0.1) is 0 Å². The Morgan fingerprint density at radius 1 is 1.53 bits per heavy atom. The minimum absolute atomic E-state index is 0.0473. The van der Waals surface area contributed by atoms with Crippen LogP contribution in [-0.4, -0.2) is 47.7 Å². The van der Waals surface area contributed by atoms with Gasteiger partial charge in [-0.2, -0.15) is 11.3 Å². The van der Waals surface area contributed by atoms with E-state index in [0.717, 1.165) is 6.42 Å². The Kier molecular flexibility index (Phi) is 4.93.